The highest BCUT2D eigenvalue weighted by atomic mass is 16.5. The van der Waals surface area contributed by atoms with Gasteiger partial charge in [0, 0.05) is 31.2 Å². The molecule has 0 spiro atoms. The molecule has 0 atom stereocenters. The van der Waals surface area contributed by atoms with Crippen LogP contribution in [0.1, 0.15) is 29.8 Å². The maximum absolute atomic E-state index is 12.6. The van der Waals surface area contributed by atoms with E-state index in [-0.39, 0.29) is 11.8 Å². The van der Waals surface area contributed by atoms with Crippen LogP contribution >= 0.6 is 0 Å². The number of nitrogens with one attached hydrogen (secondary N) is 1. The zero-order valence-corrected chi connectivity index (χ0v) is 18.2. The van der Waals surface area contributed by atoms with E-state index in [0.29, 0.717) is 12.4 Å². The zero-order valence-electron chi connectivity index (χ0n) is 18.2. The molecule has 1 fully saturated rings. The standard InChI is InChI=1S/C23H28N6O2/c1-16-13-17(2)29(27-16)22-8-7-21(25-26-22)28-11-9-19(10-12-28)23(30)24-15-18-5-4-6-20(14-18)31-3/h4-8,13-14,19H,9-12,15H2,1-3H3,(H,24,30). The Balaban J connectivity index is 1.30. The molecular formula is C23H28N6O2. The summed E-state index contributed by atoms with van der Waals surface area (Å²) in [6.07, 6.45) is 1.59. The Bertz CT molecular complexity index is 1040. The first-order valence-electron chi connectivity index (χ1n) is 10.6. The molecule has 1 aromatic carbocycles. The molecule has 3 aromatic rings. The van der Waals surface area contributed by atoms with E-state index in [2.05, 4.69) is 25.5 Å². The third-order valence-corrected chi connectivity index (χ3v) is 5.65. The van der Waals surface area contributed by atoms with Crippen molar-refractivity contribution < 1.29 is 9.53 Å². The lowest BCUT2D eigenvalue weighted by molar-refractivity contribution is -0.125. The minimum atomic E-state index is 0.0174. The van der Waals surface area contributed by atoms with Gasteiger partial charge in [0.25, 0.3) is 0 Å². The van der Waals surface area contributed by atoms with Crippen LogP contribution in [0, 0.1) is 19.8 Å². The maximum atomic E-state index is 12.6. The van der Waals surface area contributed by atoms with Crippen LogP contribution < -0.4 is 15.0 Å². The molecule has 31 heavy (non-hydrogen) atoms. The number of ether oxygens (including phenoxy) is 1. The van der Waals surface area contributed by atoms with Gasteiger partial charge in [0.1, 0.15) is 5.75 Å². The molecule has 8 nitrogen and oxygen atoms in total. The molecule has 3 heterocycles. The second-order valence-electron chi connectivity index (χ2n) is 7.92. The summed E-state index contributed by atoms with van der Waals surface area (Å²) in [5, 5.41) is 16.2. The van der Waals surface area contributed by atoms with E-state index < -0.39 is 0 Å². The molecule has 0 saturated carbocycles. The molecule has 1 saturated heterocycles. The average molecular weight is 421 g/mol. The number of carbonyl (C=O) groups excluding carboxylic acids is 1. The zero-order chi connectivity index (χ0) is 21.8. The van der Waals surface area contributed by atoms with Crippen molar-refractivity contribution in [2.45, 2.75) is 33.2 Å². The number of hydrogen-bond donors (Lipinski definition) is 1. The smallest absolute Gasteiger partial charge is 0.223 e. The molecule has 0 aliphatic carbocycles. The van der Waals surface area contributed by atoms with Crippen molar-refractivity contribution in [2.75, 3.05) is 25.1 Å². The first kappa shape index (κ1) is 20.8. The van der Waals surface area contributed by atoms with Gasteiger partial charge < -0.3 is 15.0 Å². The molecule has 8 heteroatoms. The fourth-order valence-corrected chi connectivity index (χ4v) is 3.95. The lowest BCUT2D eigenvalue weighted by Gasteiger charge is -2.31. The van der Waals surface area contributed by atoms with Crippen molar-refractivity contribution in [3.05, 3.63) is 59.4 Å². The van der Waals surface area contributed by atoms with Crippen molar-refractivity contribution >= 4 is 11.7 Å². The van der Waals surface area contributed by atoms with Gasteiger partial charge in [-0.15, -0.1) is 10.2 Å². The van der Waals surface area contributed by atoms with Gasteiger partial charge in [0.2, 0.25) is 5.91 Å². The van der Waals surface area contributed by atoms with E-state index in [1.807, 2.05) is 56.3 Å². The van der Waals surface area contributed by atoms with Crippen LogP contribution in [-0.2, 0) is 11.3 Å². The molecule has 0 radical (unpaired) electrons. The summed E-state index contributed by atoms with van der Waals surface area (Å²) < 4.78 is 7.03. The number of aromatic nitrogens is 4. The van der Waals surface area contributed by atoms with Crippen LogP contribution in [0.15, 0.2) is 42.5 Å². The van der Waals surface area contributed by atoms with E-state index >= 15 is 0 Å². The number of aryl methyl sites for hydroxylation is 2. The van der Waals surface area contributed by atoms with Gasteiger partial charge >= 0.3 is 0 Å². The van der Waals surface area contributed by atoms with Crippen molar-refractivity contribution in [1.82, 2.24) is 25.3 Å². The molecular weight excluding hydrogens is 392 g/mol. The van der Waals surface area contributed by atoms with Gasteiger partial charge in [-0.3, -0.25) is 4.79 Å². The predicted molar refractivity (Wildman–Crippen MR) is 118 cm³/mol. The second-order valence-corrected chi connectivity index (χ2v) is 7.92. The highest BCUT2D eigenvalue weighted by Crippen LogP contribution is 2.22. The summed E-state index contributed by atoms with van der Waals surface area (Å²) in [4.78, 5) is 14.8. The van der Waals surface area contributed by atoms with Crippen LogP contribution in [0.2, 0.25) is 0 Å². The van der Waals surface area contributed by atoms with E-state index in [1.165, 1.54) is 0 Å². The fourth-order valence-electron chi connectivity index (χ4n) is 3.95. The Morgan fingerprint density at radius 1 is 1.10 bits per heavy atom. The number of anilines is 1. The molecule has 1 N–H and O–H groups in total. The Hall–Kier alpha value is -3.42. The number of hydrogen-bond acceptors (Lipinski definition) is 6. The average Bonchev–Trinajstić information content (AvgIpc) is 3.15. The summed E-state index contributed by atoms with van der Waals surface area (Å²) in [7, 11) is 1.64. The topological polar surface area (TPSA) is 85.2 Å². The monoisotopic (exact) mass is 420 g/mol. The number of nitrogens with zero attached hydrogens (tertiary/aromatic N) is 5. The summed E-state index contributed by atoms with van der Waals surface area (Å²) in [5.74, 6) is 2.46. The van der Waals surface area contributed by atoms with Crippen molar-refractivity contribution in [1.29, 1.82) is 0 Å². The van der Waals surface area contributed by atoms with Crippen molar-refractivity contribution in [3.63, 3.8) is 0 Å². The van der Waals surface area contributed by atoms with Gasteiger partial charge in [-0.1, -0.05) is 12.1 Å². The Labute approximate surface area is 182 Å². The second kappa shape index (κ2) is 9.16. The van der Waals surface area contributed by atoms with Crippen LogP contribution in [-0.4, -0.2) is 46.1 Å². The van der Waals surface area contributed by atoms with Gasteiger partial charge in [0.15, 0.2) is 11.6 Å². The van der Waals surface area contributed by atoms with E-state index in [0.717, 1.165) is 54.4 Å². The number of rotatable bonds is 6. The van der Waals surface area contributed by atoms with E-state index in [4.69, 9.17) is 4.74 Å². The normalized spacial score (nSPS) is 14.5. The Morgan fingerprint density at radius 2 is 1.84 bits per heavy atom. The number of piperidine rings is 1. The molecule has 2 aromatic heterocycles. The Morgan fingerprint density at radius 3 is 2.48 bits per heavy atom. The fraction of sp³-hybridized carbons (Fsp3) is 0.391. The lowest BCUT2D eigenvalue weighted by atomic mass is 9.96. The summed E-state index contributed by atoms with van der Waals surface area (Å²) >= 11 is 0. The van der Waals surface area contributed by atoms with Crippen LogP contribution in [0.3, 0.4) is 0 Å². The highest BCUT2D eigenvalue weighted by molar-refractivity contribution is 5.79. The Kier molecular flexibility index (Phi) is 6.16. The molecule has 1 amide bonds. The van der Waals surface area contributed by atoms with Crippen LogP contribution in [0.4, 0.5) is 5.82 Å². The molecule has 0 unspecified atom stereocenters. The number of benzene rings is 1. The van der Waals surface area contributed by atoms with E-state index in [9.17, 15) is 4.79 Å². The van der Waals surface area contributed by atoms with Gasteiger partial charge in [-0.2, -0.15) is 5.10 Å². The largest absolute Gasteiger partial charge is 0.497 e. The van der Waals surface area contributed by atoms with Crippen molar-refractivity contribution in [3.8, 4) is 11.6 Å². The first-order valence-corrected chi connectivity index (χ1v) is 10.6. The van der Waals surface area contributed by atoms with Crippen LogP contribution in [0.5, 0.6) is 5.75 Å². The van der Waals surface area contributed by atoms with Gasteiger partial charge in [-0.25, -0.2) is 4.68 Å². The van der Waals surface area contributed by atoms with E-state index in [1.54, 1.807) is 11.8 Å². The van der Waals surface area contributed by atoms with Crippen LogP contribution in [0.25, 0.3) is 5.82 Å². The third kappa shape index (κ3) is 4.84. The first-order chi connectivity index (χ1) is 15.0. The third-order valence-electron chi connectivity index (χ3n) is 5.65. The highest BCUT2D eigenvalue weighted by Gasteiger charge is 2.25. The summed E-state index contributed by atoms with van der Waals surface area (Å²) in [5.41, 5.74) is 3.01. The van der Waals surface area contributed by atoms with Gasteiger partial charge in [-0.05, 0) is 62.6 Å². The maximum Gasteiger partial charge on any atom is 0.223 e. The van der Waals surface area contributed by atoms with Gasteiger partial charge in [0.05, 0.1) is 12.8 Å². The molecule has 162 valence electrons. The lowest BCUT2D eigenvalue weighted by Crippen LogP contribution is -2.40. The summed E-state index contributed by atoms with van der Waals surface area (Å²) in [6.45, 7) is 6.04. The number of methoxy groups -OCH3 is 1. The predicted octanol–water partition coefficient (Wildman–Crippen LogP) is 2.82. The minimum Gasteiger partial charge on any atom is -0.497 e. The summed E-state index contributed by atoms with van der Waals surface area (Å²) in [6, 6.07) is 13.7. The molecule has 1 aliphatic heterocycles. The molecule has 4 rings (SSSR count). The SMILES string of the molecule is COc1cccc(CNC(=O)C2CCN(c3ccc(-n4nc(C)cc4C)nn3)CC2)c1. The number of carbonyl (C=O) groups is 1. The molecule has 0 bridgehead atoms. The molecule has 1 aliphatic rings. The minimum absolute atomic E-state index is 0.0174. The number of amides is 1. The van der Waals surface area contributed by atoms with Crippen molar-refractivity contribution in [2.24, 2.45) is 5.92 Å². The quantitative estimate of drug-likeness (QED) is 0.660.